The van der Waals surface area contributed by atoms with Gasteiger partial charge in [0, 0.05) is 25.7 Å². The number of rotatable bonds is 74. The molecule has 0 saturated heterocycles. The Labute approximate surface area is 581 Å². The summed E-state index contributed by atoms with van der Waals surface area (Å²) in [4.78, 5) is 72.8. The summed E-state index contributed by atoms with van der Waals surface area (Å²) in [6.07, 6.45) is 52.6. The molecule has 3 unspecified atom stereocenters. The summed E-state index contributed by atoms with van der Waals surface area (Å²) in [6.45, 7) is 11.9. The molecule has 19 heteroatoms. The zero-order valence-corrected chi connectivity index (χ0v) is 63.9. The van der Waals surface area contributed by atoms with Crippen LogP contribution in [0.1, 0.15) is 389 Å². The Hall–Kier alpha value is -1.94. The lowest BCUT2D eigenvalue weighted by atomic mass is 9.99. The van der Waals surface area contributed by atoms with Crippen molar-refractivity contribution in [1.29, 1.82) is 0 Å². The Balaban J connectivity index is 5.26. The highest BCUT2D eigenvalue weighted by Gasteiger charge is 2.30. The van der Waals surface area contributed by atoms with E-state index in [1.165, 1.54) is 193 Å². The lowest BCUT2D eigenvalue weighted by Crippen LogP contribution is -2.30. The van der Waals surface area contributed by atoms with Crippen LogP contribution >= 0.6 is 15.6 Å². The van der Waals surface area contributed by atoms with Crippen LogP contribution in [-0.2, 0) is 65.4 Å². The number of ether oxygens (including phenoxy) is 4. The highest BCUT2D eigenvalue weighted by molar-refractivity contribution is 7.47. The van der Waals surface area contributed by atoms with E-state index in [2.05, 4.69) is 48.5 Å². The number of aliphatic hydroxyl groups excluding tert-OH is 1. The van der Waals surface area contributed by atoms with Crippen LogP contribution in [-0.4, -0.2) is 96.7 Å². The standard InChI is InChI=1S/C76H148O17P2/c1-8-10-11-12-13-14-15-16-20-23-30-37-45-52-59-76(81)93-72(64-87-74(79)58-51-44-39-32-34-41-48-55-68(5)6)66-91-95(84,85)89-62-70(77)61-88-94(82,83)90-65-71(63-86-73(78)57-50-43-36-29-26-25-28-35-42-49-56-69(7)9-2)92-75(80)60-53-46-38-31-24-21-18-17-19-22-27-33-40-47-54-67(3)4/h67-72,77H,8-66H2,1-7H3,(H,82,83)(H,84,85)/t69?,70-,71-,72-/m1/s1. The molecule has 0 aliphatic rings. The smallest absolute Gasteiger partial charge is 0.462 e. The maximum Gasteiger partial charge on any atom is 0.472 e. The number of hydrogen-bond donors (Lipinski definition) is 3. The summed E-state index contributed by atoms with van der Waals surface area (Å²) < 4.78 is 68.5. The van der Waals surface area contributed by atoms with Crippen molar-refractivity contribution in [2.24, 2.45) is 17.8 Å². The molecule has 0 aromatic rings. The number of unbranched alkanes of at least 4 members (excludes halogenated alkanes) is 41. The Morgan fingerprint density at radius 1 is 0.305 bits per heavy atom. The molecule has 0 aromatic heterocycles. The predicted octanol–water partition coefficient (Wildman–Crippen LogP) is 22.2. The molecular weight excluding hydrogens is 1250 g/mol. The van der Waals surface area contributed by atoms with Crippen LogP contribution in [0.25, 0.3) is 0 Å². The van der Waals surface area contributed by atoms with Crippen molar-refractivity contribution in [3.05, 3.63) is 0 Å². The zero-order chi connectivity index (χ0) is 70.1. The summed E-state index contributed by atoms with van der Waals surface area (Å²) in [5.41, 5.74) is 0. The van der Waals surface area contributed by atoms with Crippen molar-refractivity contribution in [2.75, 3.05) is 39.6 Å². The molecule has 3 N–H and O–H groups in total. The average molecular weight is 1400 g/mol. The van der Waals surface area contributed by atoms with Crippen molar-refractivity contribution in [3.63, 3.8) is 0 Å². The van der Waals surface area contributed by atoms with Crippen molar-refractivity contribution in [1.82, 2.24) is 0 Å². The third kappa shape index (κ3) is 69.0. The lowest BCUT2D eigenvalue weighted by molar-refractivity contribution is -0.161. The third-order valence-electron chi connectivity index (χ3n) is 18.0. The summed E-state index contributed by atoms with van der Waals surface area (Å²) in [5, 5.41) is 10.6. The first kappa shape index (κ1) is 93.1. The van der Waals surface area contributed by atoms with E-state index in [9.17, 15) is 43.2 Å². The van der Waals surface area contributed by atoms with E-state index in [0.29, 0.717) is 31.6 Å². The van der Waals surface area contributed by atoms with Gasteiger partial charge in [0.2, 0.25) is 0 Å². The highest BCUT2D eigenvalue weighted by Crippen LogP contribution is 2.45. The molecule has 0 aliphatic carbocycles. The van der Waals surface area contributed by atoms with Crippen LogP contribution in [0, 0.1) is 17.8 Å². The van der Waals surface area contributed by atoms with Gasteiger partial charge in [0.15, 0.2) is 12.2 Å². The predicted molar refractivity (Wildman–Crippen MR) is 386 cm³/mol. The first-order valence-corrected chi connectivity index (χ1v) is 42.4. The molecular formula is C76H148O17P2. The van der Waals surface area contributed by atoms with Crippen molar-refractivity contribution in [2.45, 2.75) is 407 Å². The van der Waals surface area contributed by atoms with Crippen LogP contribution in [0.3, 0.4) is 0 Å². The second kappa shape index (κ2) is 66.6. The van der Waals surface area contributed by atoms with Gasteiger partial charge in [-0.15, -0.1) is 0 Å². The van der Waals surface area contributed by atoms with E-state index in [4.69, 9.17) is 37.0 Å². The van der Waals surface area contributed by atoms with Gasteiger partial charge in [-0.25, -0.2) is 9.13 Å². The number of phosphoric acid groups is 2. The SMILES string of the molecule is CCCCCCCCCCCCCCCCC(=O)O[C@H](COC(=O)CCCCCCCCCC(C)C)COP(=O)(O)OC[C@H](O)COP(=O)(O)OC[C@@H](COC(=O)CCCCCCCCCCCCC(C)CC)OC(=O)CCCCCCCCCCCCCCCCC(C)C. The normalized spacial score (nSPS) is 14.4. The zero-order valence-electron chi connectivity index (χ0n) is 62.1. The maximum atomic E-state index is 13.1. The molecule has 6 atom stereocenters. The first-order valence-electron chi connectivity index (χ1n) is 39.4. The van der Waals surface area contributed by atoms with Crippen LogP contribution in [0.2, 0.25) is 0 Å². The first-order chi connectivity index (χ1) is 45.8. The average Bonchev–Trinajstić information content (AvgIpc) is 1.53. The summed E-state index contributed by atoms with van der Waals surface area (Å²) in [7, 11) is -9.91. The number of carbonyl (C=O) groups excluding carboxylic acids is 4. The molecule has 17 nitrogen and oxygen atoms in total. The molecule has 0 bridgehead atoms. The number of hydrogen-bond acceptors (Lipinski definition) is 15. The van der Waals surface area contributed by atoms with E-state index < -0.39 is 97.5 Å². The largest absolute Gasteiger partial charge is 0.472 e. The Morgan fingerprint density at radius 3 is 0.800 bits per heavy atom. The van der Waals surface area contributed by atoms with Crippen LogP contribution in [0.15, 0.2) is 0 Å². The summed E-state index contributed by atoms with van der Waals surface area (Å²) >= 11 is 0. The van der Waals surface area contributed by atoms with Gasteiger partial charge in [-0.05, 0) is 43.4 Å². The van der Waals surface area contributed by atoms with Crippen LogP contribution in [0.5, 0.6) is 0 Å². The molecule has 0 aromatic carbocycles. The Bertz CT molecular complexity index is 1850. The number of phosphoric ester groups is 2. The monoisotopic (exact) mass is 1400 g/mol. The number of carbonyl (C=O) groups is 4. The minimum atomic E-state index is -4.96. The summed E-state index contributed by atoms with van der Waals surface area (Å²) in [5.74, 6) is 0.193. The lowest BCUT2D eigenvalue weighted by Gasteiger charge is -2.21. The highest BCUT2D eigenvalue weighted by atomic mass is 31.2. The van der Waals surface area contributed by atoms with E-state index >= 15 is 0 Å². The van der Waals surface area contributed by atoms with Gasteiger partial charge >= 0.3 is 39.5 Å². The second-order valence-electron chi connectivity index (χ2n) is 28.6. The van der Waals surface area contributed by atoms with Gasteiger partial charge in [0.1, 0.15) is 19.3 Å². The number of esters is 4. The van der Waals surface area contributed by atoms with E-state index in [0.717, 1.165) is 108 Å². The molecule has 0 heterocycles. The van der Waals surface area contributed by atoms with E-state index in [-0.39, 0.29) is 25.7 Å². The molecule has 0 radical (unpaired) electrons. The Morgan fingerprint density at radius 2 is 0.537 bits per heavy atom. The van der Waals surface area contributed by atoms with Gasteiger partial charge in [-0.2, -0.15) is 0 Å². The van der Waals surface area contributed by atoms with Gasteiger partial charge < -0.3 is 33.8 Å². The van der Waals surface area contributed by atoms with Gasteiger partial charge in [-0.1, -0.05) is 337 Å². The van der Waals surface area contributed by atoms with Gasteiger partial charge in [-0.3, -0.25) is 37.3 Å². The van der Waals surface area contributed by atoms with Crippen molar-refractivity contribution >= 4 is 39.5 Å². The molecule has 0 aliphatic heterocycles. The minimum absolute atomic E-state index is 0.107. The fourth-order valence-electron chi connectivity index (χ4n) is 11.6. The molecule has 0 saturated carbocycles. The van der Waals surface area contributed by atoms with Crippen molar-refractivity contribution in [3.8, 4) is 0 Å². The quantitative estimate of drug-likeness (QED) is 0.0222. The van der Waals surface area contributed by atoms with Crippen LogP contribution in [0.4, 0.5) is 0 Å². The fourth-order valence-corrected chi connectivity index (χ4v) is 13.1. The second-order valence-corrected chi connectivity index (χ2v) is 31.5. The topological polar surface area (TPSA) is 237 Å². The molecule has 0 fully saturated rings. The van der Waals surface area contributed by atoms with E-state index in [1.807, 2.05) is 0 Å². The van der Waals surface area contributed by atoms with Crippen LogP contribution < -0.4 is 0 Å². The third-order valence-corrected chi connectivity index (χ3v) is 19.9. The molecule has 0 rings (SSSR count). The van der Waals surface area contributed by atoms with Gasteiger partial charge in [0.05, 0.1) is 26.4 Å². The van der Waals surface area contributed by atoms with E-state index in [1.54, 1.807) is 0 Å². The maximum absolute atomic E-state index is 13.1. The molecule has 564 valence electrons. The Kier molecular flexibility index (Phi) is 65.2. The minimum Gasteiger partial charge on any atom is -0.462 e. The fraction of sp³-hybridized carbons (Fsp3) is 0.947. The molecule has 0 spiro atoms. The molecule has 0 amide bonds. The number of aliphatic hydroxyl groups is 1. The molecule has 95 heavy (non-hydrogen) atoms. The summed E-state index contributed by atoms with van der Waals surface area (Å²) in [6, 6.07) is 0. The van der Waals surface area contributed by atoms with Gasteiger partial charge in [0.25, 0.3) is 0 Å². The van der Waals surface area contributed by atoms with Crippen molar-refractivity contribution < 1.29 is 80.2 Å².